The number of benzene rings is 2. The van der Waals surface area contributed by atoms with Crippen LogP contribution in [0.25, 0.3) is 10.4 Å². The molecule has 2 amide bonds. The van der Waals surface area contributed by atoms with E-state index in [1.807, 2.05) is 0 Å². The molecule has 21 heavy (non-hydrogen) atoms. The third kappa shape index (κ3) is 2.91. The van der Waals surface area contributed by atoms with Crippen molar-refractivity contribution in [2.24, 2.45) is 10.8 Å². The summed E-state index contributed by atoms with van der Waals surface area (Å²) in [5.74, 6) is -0.329. The summed E-state index contributed by atoms with van der Waals surface area (Å²) in [6, 6.07) is 10.6. The van der Waals surface area contributed by atoms with E-state index >= 15 is 0 Å². The van der Waals surface area contributed by atoms with Gasteiger partial charge < -0.3 is 10.8 Å². The third-order valence-corrected chi connectivity index (χ3v) is 3.37. The van der Waals surface area contributed by atoms with Crippen LogP contribution in [0.4, 0.5) is 21.9 Å². The number of halogens is 1. The molecule has 0 aliphatic heterocycles. The maximum absolute atomic E-state index is 11.8. The van der Waals surface area contributed by atoms with Gasteiger partial charge in [-0.2, -0.15) is 0 Å². The largest absolute Gasteiger partial charge is 0.505 e. The fourth-order valence-electron chi connectivity index (χ4n) is 1.83. The van der Waals surface area contributed by atoms with Gasteiger partial charge in [-0.25, -0.2) is 4.79 Å². The highest BCUT2D eigenvalue weighted by Crippen LogP contribution is 2.41. The molecule has 0 aromatic heterocycles. The van der Waals surface area contributed by atoms with Gasteiger partial charge in [0, 0.05) is 9.38 Å². The number of nitrogens with two attached hydrogens (primary N) is 1. The van der Waals surface area contributed by atoms with Crippen molar-refractivity contribution in [2.45, 2.75) is 0 Å². The van der Waals surface area contributed by atoms with E-state index in [0.717, 1.165) is 4.90 Å². The number of phenols is 1. The Kier molecular flexibility index (Phi) is 4.32. The molecule has 0 fully saturated rings. The van der Waals surface area contributed by atoms with Gasteiger partial charge in [-0.05, 0) is 45.7 Å². The average Bonchev–Trinajstić information content (AvgIpc) is 2.45. The zero-order chi connectivity index (χ0) is 15.4. The normalized spacial score (nSPS) is 9.76. The summed E-state index contributed by atoms with van der Waals surface area (Å²) in [5.41, 5.74) is 14.5. The van der Waals surface area contributed by atoms with Crippen LogP contribution in [-0.2, 0) is 0 Å². The number of hydrogen-bond donors (Lipinski definition) is 2. The summed E-state index contributed by atoms with van der Waals surface area (Å²) in [7, 11) is 0. The number of amides is 2. The first kappa shape index (κ1) is 14.7. The highest BCUT2D eigenvalue weighted by atomic mass is 79.9. The molecule has 2 aromatic carbocycles. The number of rotatable bonds is 3. The lowest BCUT2D eigenvalue weighted by atomic mass is 10.2. The average molecular weight is 348 g/mol. The molecular formula is C13H10BrN5O2. The summed E-state index contributed by atoms with van der Waals surface area (Å²) >= 11 is 3.32. The molecule has 2 aromatic rings. The molecule has 0 radical (unpaired) electrons. The van der Waals surface area contributed by atoms with Gasteiger partial charge in [0.05, 0.1) is 17.1 Å². The molecule has 0 unspecified atom stereocenters. The van der Waals surface area contributed by atoms with Crippen molar-refractivity contribution >= 4 is 39.0 Å². The third-order valence-electron chi connectivity index (χ3n) is 2.70. The van der Waals surface area contributed by atoms with Crippen LogP contribution in [0.3, 0.4) is 0 Å². The van der Waals surface area contributed by atoms with Crippen molar-refractivity contribution in [3.8, 4) is 5.75 Å². The van der Waals surface area contributed by atoms with Crippen LogP contribution in [0, 0.1) is 0 Å². The van der Waals surface area contributed by atoms with Crippen LogP contribution < -0.4 is 10.6 Å². The number of carbonyl (C=O) groups excluding carboxylic acids is 1. The minimum absolute atomic E-state index is 0.00769. The Morgan fingerprint density at radius 3 is 2.52 bits per heavy atom. The van der Waals surface area contributed by atoms with Crippen molar-refractivity contribution in [3.05, 3.63) is 57.4 Å². The summed E-state index contributed by atoms with van der Waals surface area (Å²) in [6.45, 7) is 0. The smallest absolute Gasteiger partial charge is 0.324 e. The SMILES string of the molecule is [N-]=[N+]=Nc1cccc(N(C(N)=O)c2ccccc2Br)c1O. The maximum Gasteiger partial charge on any atom is 0.324 e. The number of phenolic OH excluding ortho intramolecular Hbond substituents is 1. The molecule has 0 saturated heterocycles. The zero-order valence-electron chi connectivity index (χ0n) is 10.6. The molecule has 0 aliphatic carbocycles. The Balaban J connectivity index is 2.65. The summed E-state index contributed by atoms with van der Waals surface area (Å²) < 4.78 is 0.623. The monoisotopic (exact) mass is 347 g/mol. The molecular weight excluding hydrogens is 338 g/mol. The second-order valence-corrected chi connectivity index (χ2v) is 4.81. The van der Waals surface area contributed by atoms with Gasteiger partial charge in [-0.1, -0.05) is 23.3 Å². The fourth-order valence-corrected chi connectivity index (χ4v) is 2.29. The van der Waals surface area contributed by atoms with Crippen LogP contribution in [0.2, 0.25) is 0 Å². The molecule has 106 valence electrons. The van der Waals surface area contributed by atoms with Gasteiger partial charge in [0.15, 0.2) is 0 Å². The van der Waals surface area contributed by atoms with Gasteiger partial charge in [0.25, 0.3) is 0 Å². The Morgan fingerprint density at radius 1 is 1.24 bits per heavy atom. The Morgan fingerprint density at radius 2 is 1.90 bits per heavy atom. The number of anilines is 2. The summed E-state index contributed by atoms with van der Waals surface area (Å²) in [4.78, 5) is 15.5. The molecule has 3 N–H and O–H groups in total. The number of carbonyl (C=O) groups is 1. The lowest BCUT2D eigenvalue weighted by Gasteiger charge is -2.23. The van der Waals surface area contributed by atoms with E-state index in [1.165, 1.54) is 12.1 Å². The predicted octanol–water partition coefficient (Wildman–Crippen LogP) is 4.31. The minimum atomic E-state index is -0.782. The molecule has 0 atom stereocenters. The maximum atomic E-state index is 11.8. The van der Waals surface area contributed by atoms with Gasteiger partial charge in [0.1, 0.15) is 5.75 Å². The van der Waals surface area contributed by atoms with E-state index in [2.05, 4.69) is 26.0 Å². The number of primary amides is 1. The second kappa shape index (κ2) is 6.17. The van der Waals surface area contributed by atoms with Crippen LogP contribution in [0.15, 0.2) is 52.1 Å². The van der Waals surface area contributed by atoms with E-state index in [1.54, 1.807) is 30.3 Å². The molecule has 8 heteroatoms. The fraction of sp³-hybridized carbons (Fsp3) is 0. The molecule has 2 rings (SSSR count). The summed E-state index contributed by atoms with van der Waals surface area (Å²) in [5, 5.41) is 13.5. The topological polar surface area (TPSA) is 115 Å². The molecule has 0 bridgehead atoms. The van der Waals surface area contributed by atoms with E-state index in [0.29, 0.717) is 10.2 Å². The van der Waals surface area contributed by atoms with E-state index < -0.39 is 6.03 Å². The number of azide groups is 1. The quantitative estimate of drug-likeness (QED) is 0.489. The van der Waals surface area contributed by atoms with E-state index in [4.69, 9.17) is 11.3 Å². The van der Waals surface area contributed by atoms with Crippen molar-refractivity contribution in [1.82, 2.24) is 0 Å². The van der Waals surface area contributed by atoms with Gasteiger partial charge in [-0.3, -0.25) is 4.90 Å². The number of para-hydroxylation sites is 2. The van der Waals surface area contributed by atoms with Crippen LogP contribution in [-0.4, -0.2) is 11.1 Å². The van der Waals surface area contributed by atoms with Crippen molar-refractivity contribution in [2.75, 3.05) is 4.90 Å². The Hall–Kier alpha value is -2.70. The zero-order valence-corrected chi connectivity index (χ0v) is 12.2. The van der Waals surface area contributed by atoms with Crippen LogP contribution >= 0.6 is 15.9 Å². The second-order valence-electron chi connectivity index (χ2n) is 3.96. The number of nitrogens with zero attached hydrogens (tertiary/aromatic N) is 4. The van der Waals surface area contributed by atoms with Crippen molar-refractivity contribution in [3.63, 3.8) is 0 Å². The predicted molar refractivity (Wildman–Crippen MR) is 82.8 cm³/mol. The van der Waals surface area contributed by atoms with Crippen molar-refractivity contribution < 1.29 is 9.90 Å². The first-order valence-electron chi connectivity index (χ1n) is 5.77. The number of aromatic hydroxyl groups is 1. The van der Waals surface area contributed by atoms with Gasteiger partial charge in [-0.15, -0.1) is 0 Å². The van der Waals surface area contributed by atoms with Crippen LogP contribution in [0.5, 0.6) is 5.75 Å². The molecule has 0 saturated carbocycles. The minimum Gasteiger partial charge on any atom is -0.505 e. The number of urea groups is 1. The Labute approximate surface area is 128 Å². The standard InChI is InChI=1S/C13H10BrN5O2/c14-8-4-1-2-6-10(8)19(13(15)21)11-7-3-5-9(12(11)20)17-18-16/h1-7,20H,(H2,15,21). The molecule has 0 heterocycles. The molecule has 7 nitrogen and oxygen atoms in total. The van der Waals surface area contributed by atoms with Crippen molar-refractivity contribution in [1.29, 1.82) is 0 Å². The van der Waals surface area contributed by atoms with Crippen LogP contribution in [0.1, 0.15) is 0 Å². The first-order chi connectivity index (χ1) is 10.1. The molecule has 0 aliphatic rings. The molecule has 0 spiro atoms. The lowest BCUT2D eigenvalue weighted by Crippen LogP contribution is -2.31. The first-order valence-corrected chi connectivity index (χ1v) is 6.56. The number of hydrogen-bond acceptors (Lipinski definition) is 3. The Bertz CT molecular complexity index is 743. The summed E-state index contributed by atoms with van der Waals surface area (Å²) in [6.07, 6.45) is 0. The highest BCUT2D eigenvalue weighted by Gasteiger charge is 2.21. The van der Waals surface area contributed by atoms with E-state index in [-0.39, 0.29) is 17.1 Å². The highest BCUT2D eigenvalue weighted by molar-refractivity contribution is 9.10. The van der Waals surface area contributed by atoms with Gasteiger partial charge in [0.2, 0.25) is 0 Å². The van der Waals surface area contributed by atoms with Gasteiger partial charge >= 0.3 is 6.03 Å². The van der Waals surface area contributed by atoms with E-state index in [9.17, 15) is 9.90 Å². The lowest BCUT2D eigenvalue weighted by molar-refractivity contribution is 0.256.